The molecule has 0 aliphatic carbocycles. The molecule has 0 radical (unpaired) electrons. The van der Waals surface area contributed by atoms with E-state index in [0.717, 1.165) is 18.2 Å². The summed E-state index contributed by atoms with van der Waals surface area (Å²) in [5, 5.41) is 0.928. The molecule has 3 fully saturated rings. The Kier molecular flexibility index (Phi) is 2.31. The number of anilines is 1. The smallest absolute Gasteiger partial charge is 0.240 e. The fraction of sp³-hybridized carbons (Fsp3) is 0.353. The SMILES string of the molecule is O=C1[C@@H]2[C@H](C(=O)N1c1cccc3cccnc13)[C@H]1CC[C@@H]2O1. The minimum atomic E-state index is -0.301. The van der Waals surface area contributed by atoms with Crippen LogP contribution in [0.1, 0.15) is 12.8 Å². The van der Waals surface area contributed by atoms with Gasteiger partial charge < -0.3 is 4.74 Å². The third-order valence-electron chi connectivity index (χ3n) is 5.14. The monoisotopic (exact) mass is 294 g/mol. The lowest BCUT2D eigenvalue weighted by molar-refractivity contribution is -0.124. The lowest BCUT2D eigenvalue weighted by Crippen LogP contribution is -2.34. The Morgan fingerprint density at radius 1 is 1.00 bits per heavy atom. The predicted molar refractivity (Wildman–Crippen MR) is 79.1 cm³/mol. The molecule has 1 aromatic heterocycles. The van der Waals surface area contributed by atoms with Gasteiger partial charge in [0, 0.05) is 11.6 Å². The molecule has 0 unspecified atom stereocenters. The van der Waals surface area contributed by atoms with E-state index in [2.05, 4.69) is 4.98 Å². The van der Waals surface area contributed by atoms with Crippen molar-refractivity contribution in [3.05, 3.63) is 36.5 Å². The molecule has 4 atom stereocenters. The summed E-state index contributed by atoms with van der Waals surface area (Å²) < 4.78 is 5.77. The highest BCUT2D eigenvalue weighted by Crippen LogP contribution is 2.49. The lowest BCUT2D eigenvalue weighted by Gasteiger charge is -2.18. The Bertz CT molecular complexity index is 785. The lowest BCUT2D eigenvalue weighted by atomic mass is 9.81. The van der Waals surface area contributed by atoms with Crippen LogP contribution in [0.15, 0.2) is 36.5 Å². The maximum atomic E-state index is 12.8. The van der Waals surface area contributed by atoms with Gasteiger partial charge in [0.15, 0.2) is 0 Å². The number of benzene rings is 1. The van der Waals surface area contributed by atoms with Crippen molar-refractivity contribution in [1.29, 1.82) is 0 Å². The summed E-state index contributed by atoms with van der Waals surface area (Å²) >= 11 is 0. The average molecular weight is 294 g/mol. The summed E-state index contributed by atoms with van der Waals surface area (Å²) in [6.07, 6.45) is 3.28. The van der Waals surface area contributed by atoms with Crippen LogP contribution in [0.25, 0.3) is 10.9 Å². The van der Waals surface area contributed by atoms with Gasteiger partial charge in [0.25, 0.3) is 0 Å². The first-order chi connectivity index (χ1) is 10.8. The third kappa shape index (κ3) is 1.39. The van der Waals surface area contributed by atoms with Gasteiger partial charge in [0.05, 0.1) is 35.2 Å². The van der Waals surface area contributed by atoms with Crippen molar-refractivity contribution in [2.75, 3.05) is 4.90 Å². The van der Waals surface area contributed by atoms with Crippen molar-refractivity contribution >= 4 is 28.4 Å². The van der Waals surface area contributed by atoms with Gasteiger partial charge in [-0.25, -0.2) is 4.90 Å². The van der Waals surface area contributed by atoms with Crippen molar-refractivity contribution in [3.8, 4) is 0 Å². The molecule has 1 aromatic carbocycles. The molecule has 0 spiro atoms. The fourth-order valence-corrected chi connectivity index (χ4v) is 4.22. The number of aromatic nitrogens is 1. The Balaban J connectivity index is 1.66. The summed E-state index contributed by atoms with van der Waals surface area (Å²) in [6.45, 7) is 0. The normalized spacial score (nSPS) is 33.0. The van der Waals surface area contributed by atoms with E-state index in [9.17, 15) is 9.59 Å². The molecule has 2 aromatic rings. The first-order valence-electron chi connectivity index (χ1n) is 7.63. The van der Waals surface area contributed by atoms with Crippen molar-refractivity contribution < 1.29 is 14.3 Å². The van der Waals surface area contributed by atoms with E-state index in [1.165, 1.54) is 4.90 Å². The van der Waals surface area contributed by atoms with E-state index in [1.54, 1.807) is 12.3 Å². The average Bonchev–Trinajstić information content (AvgIpc) is 3.21. The van der Waals surface area contributed by atoms with Crippen LogP contribution in [0.5, 0.6) is 0 Å². The second kappa shape index (κ2) is 4.14. The molecule has 5 rings (SSSR count). The zero-order chi connectivity index (χ0) is 14.8. The van der Waals surface area contributed by atoms with Gasteiger partial charge in [-0.1, -0.05) is 18.2 Å². The summed E-state index contributed by atoms with van der Waals surface area (Å²) in [6, 6.07) is 9.38. The fourth-order valence-electron chi connectivity index (χ4n) is 4.22. The molecular weight excluding hydrogens is 280 g/mol. The summed E-state index contributed by atoms with van der Waals surface area (Å²) in [4.78, 5) is 31.4. The summed E-state index contributed by atoms with van der Waals surface area (Å²) in [5.74, 6) is -0.851. The van der Waals surface area contributed by atoms with Crippen LogP contribution in [-0.4, -0.2) is 29.0 Å². The van der Waals surface area contributed by atoms with Gasteiger partial charge >= 0.3 is 0 Å². The standard InChI is InChI=1S/C17H14N2O3/c20-16-13-11-6-7-12(22-11)14(13)17(21)19(16)10-5-1-3-9-4-2-8-18-15(9)10/h1-5,8,11-14H,6-7H2/t11-,12+,13-,14+. The first kappa shape index (κ1) is 12.3. The van der Waals surface area contributed by atoms with Crippen LogP contribution >= 0.6 is 0 Å². The number of imide groups is 1. The molecule has 3 aliphatic heterocycles. The Hall–Kier alpha value is -2.27. The van der Waals surface area contributed by atoms with Crippen LogP contribution < -0.4 is 4.90 Å². The molecule has 2 amide bonds. The van der Waals surface area contributed by atoms with Crippen molar-refractivity contribution in [1.82, 2.24) is 4.98 Å². The van der Waals surface area contributed by atoms with Crippen molar-refractivity contribution in [2.24, 2.45) is 11.8 Å². The zero-order valence-electron chi connectivity index (χ0n) is 11.8. The Morgan fingerprint density at radius 3 is 2.41 bits per heavy atom. The quantitative estimate of drug-likeness (QED) is 0.754. The van der Waals surface area contributed by atoms with Crippen molar-refractivity contribution in [2.45, 2.75) is 25.0 Å². The number of hydrogen-bond donors (Lipinski definition) is 0. The number of fused-ring (bicyclic) bond motifs is 6. The highest BCUT2D eigenvalue weighted by Gasteiger charge is 2.62. The van der Waals surface area contributed by atoms with E-state index >= 15 is 0 Å². The van der Waals surface area contributed by atoms with E-state index in [0.29, 0.717) is 11.2 Å². The van der Waals surface area contributed by atoms with Crippen LogP contribution in [-0.2, 0) is 14.3 Å². The van der Waals surface area contributed by atoms with Crippen LogP contribution in [0, 0.1) is 11.8 Å². The van der Waals surface area contributed by atoms with Gasteiger partial charge in [-0.2, -0.15) is 0 Å². The molecule has 3 saturated heterocycles. The maximum absolute atomic E-state index is 12.8. The highest BCUT2D eigenvalue weighted by atomic mass is 16.5. The van der Waals surface area contributed by atoms with E-state index in [1.807, 2.05) is 24.3 Å². The van der Waals surface area contributed by atoms with Gasteiger partial charge in [-0.05, 0) is 25.0 Å². The molecule has 2 bridgehead atoms. The zero-order valence-corrected chi connectivity index (χ0v) is 11.8. The molecule has 3 aliphatic rings. The number of pyridine rings is 1. The maximum Gasteiger partial charge on any atom is 0.240 e. The number of hydrogen-bond acceptors (Lipinski definition) is 4. The molecule has 0 saturated carbocycles. The van der Waals surface area contributed by atoms with Gasteiger partial charge in [0.2, 0.25) is 11.8 Å². The predicted octanol–water partition coefficient (Wildman–Crippen LogP) is 1.90. The minimum absolute atomic E-state index is 0.0839. The Labute approximate surface area is 126 Å². The number of carbonyl (C=O) groups is 2. The second-order valence-corrected chi connectivity index (χ2v) is 6.21. The number of carbonyl (C=O) groups excluding carboxylic acids is 2. The van der Waals surface area contributed by atoms with Gasteiger partial charge in [-0.3, -0.25) is 14.6 Å². The number of amides is 2. The third-order valence-corrected chi connectivity index (χ3v) is 5.14. The summed E-state index contributed by atoms with van der Waals surface area (Å²) in [5.41, 5.74) is 1.29. The molecular formula is C17H14N2O3. The topological polar surface area (TPSA) is 59.5 Å². The molecule has 5 heteroatoms. The summed E-state index contributed by atoms with van der Waals surface area (Å²) in [7, 11) is 0. The highest BCUT2D eigenvalue weighted by molar-refractivity contribution is 6.25. The minimum Gasteiger partial charge on any atom is -0.373 e. The second-order valence-electron chi connectivity index (χ2n) is 6.21. The number of rotatable bonds is 1. The van der Waals surface area contributed by atoms with Gasteiger partial charge in [0.1, 0.15) is 0 Å². The molecule has 5 nitrogen and oxygen atoms in total. The van der Waals surface area contributed by atoms with E-state index < -0.39 is 0 Å². The molecule has 22 heavy (non-hydrogen) atoms. The van der Waals surface area contributed by atoms with Crippen LogP contribution in [0.2, 0.25) is 0 Å². The van der Waals surface area contributed by atoms with E-state index in [4.69, 9.17) is 4.74 Å². The van der Waals surface area contributed by atoms with Gasteiger partial charge in [-0.15, -0.1) is 0 Å². The van der Waals surface area contributed by atoms with Crippen LogP contribution in [0.4, 0.5) is 5.69 Å². The van der Waals surface area contributed by atoms with Crippen LogP contribution in [0.3, 0.4) is 0 Å². The Morgan fingerprint density at radius 2 is 1.68 bits per heavy atom. The van der Waals surface area contributed by atoms with Crippen molar-refractivity contribution in [3.63, 3.8) is 0 Å². The first-order valence-corrected chi connectivity index (χ1v) is 7.63. The largest absolute Gasteiger partial charge is 0.373 e. The molecule has 4 heterocycles. The van der Waals surface area contributed by atoms with E-state index in [-0.39, 0.29) is 35.9 Å². The number of para-hydroxylation sites is 1. The molecule has 110 valence electrons. The molecule has 0 N–H and O–H groups in total. The number of nitrogens with zero attached hydrogens (tertiary/aromatic N) is 2. The number of ether oxygens (including phenoxy) is 1.